The first-order valence-electron chi connectivity index (χ1n) is 10.1. The molecule has 0 bridgehead atoms. The highest BCUT2D eigenvalue weighted by atomic mass is 127. The molecule has 2 N–H and O–H groups in total. The van der Waals surface area contributed by atoms with Crippen LogP contribution in [0.25, 0.3) is 0 Å². The summed E-state index contributed by atoms with van der Waals surface area (Å²) >= 11 is 0. The summed E-state index contributed by atoms with van der Waals surface area (Å²) in [6.45, 7) is 3.83. The lowest BCUT2D eigenvalue weighted by molar-refractivity contribution is -0.135. The number of hydrogen-bond acceptors (Lipinski definition) is 3. The van der Waals surface area contributed by atoms with E-state index in [1.165, 1.54) is 38.6 Å². The predicted octanol–water partition coefficient (Wildman–Crippen LogP) is 2.04. The van der Waals surface area contributed by atoms with Crippen molar-refractivity contribution in [2.45, 2.75) is 63.5 Å². The Morgan fingerprint density at radius 3 is 2.50 bits per heavy atom. The van der Waals surface area contributed by atoms with E-state index in [2.05, 4.69) is 32.5 Å². The monoisotopic (exact) mass is 477 g/mol. The van der Waals surface area contributed by atoms with Gasteiger partial charge in [0, 0.05) is 44.7 Å². The normalized spacial score (nSPS) is 28.1. The van der Waals surface area contributed by atoms with E-state index >= 15 is 0 Å². The minimum Gasteiger partial charge on any atom is -0.355 e. The largest absolute Gasteiger partial charge is 0.355 e. The summed E-state index contributed by atoms with van der Waals surface area (Å²) in [4.78, 5) is 21.5. The van der Waals surface area contributed by atoms with E-state index in [4.69, 9.17) is 0 Å². The molecular weight excluding hydrogens is 441 g/mol. The molecular formula is C19H36IN5O. The van der Waals surface area contributed by atoms with Crippen molar-refractivity contribution < 1.29 is 4.79 Å². The summed E-state index contributed by atoms with van der Waals surface area (Å²) in [5.74, 6) is 1.54. The first kappa shape index (κ1) is 21.7. The van der Waals surface area contributed by atoms with Gasteiger partial charge in [-0.2, -0.15) is 0 Å². The molecule has 0 aromatic heterocycles. The Hall–Kier alpha value is -0.570. The van der Waals surface area contributed by atoms with Crippen LogP contribution in [-0.4, -0.2) is 74.0 Å². The topological polar surface area (TPSA) is 60.0 Å². The Kier molecular flexibility index (Phi) is 8.93. The van der Waals surface area contributed by atoms with Gasteiger partial charge in [0.15, 0.2) is 5.96 Å². The van der Waals surface area contributed by atoms with Crippen molar-refractivity contribution in [3.8, 4) is 0 Å². The van der Waals surface area contributed by atoms with Crippen molar-refractivity contribution in [1.82, 2.24) is 20.4 Å². The van der Waals surface area contributed by atoms with Gasteiger partial charge in [0.1, 0.15) is 0 Å². The lowest BCUT2D eigenvalue weighted by Crippen LogP contribution is -2.48. The maximum Gasteiger partial charge on any atom is 0.225 e. The number of likely N-dealkylation sites (N-methyl/N-ethyl adjacent to an activating group) is 1. The molecule has 0 radical (unpaired) electrons. The van der Waals surface area contributed by atoms with Crippen LogP contribution >= 0.6 is 24.0 Å². The third-order valence-electron chi connectivity index (χ3n) is 6.20. The second-order valence-corrected chi connectivity index (χ2v) is 7.98. The lowest BCUT2D eigenvalue weighted by Gasteiger charge is -2.26. The van der Waals surface area contributed by atoms with Crippen LogP contribution in [0.15, 0.2) is 4.99 Å². The standard InChI is InChI=1S/C19H35N5O.HI/c1-20-19(21-13-17-9-6-11-23(17)2)22-16-10-12-24(14-16)18(25)15-7-4-3-5-8-15;/h15-17H,3-14H2,1-2H3,(H2,20,21,22);1H. The predicted molar refractivity (Wildman–Crippen MR) is 117 cm³/mol. The van der Waals surface area contributed by atoms with E-state index < -0.39 is 0 Å². The second kappa shape index (κ2) is 10.7. The van der Waals surface area contributed by atoms with Crippen LogP contribution in [0.2, 0.25) is 0 Å². The molecule has 1 aliphatic carbocycles. The molecule has 0 aromatic carbocycles. The van der Waals surface area contributed by atoms with E-state index in [-0.39, 0.29) is 29.9 Å². The molecule has 1 amide bonds. The zero-order chi connectivity index (χ0) is 17.6. The second-order valence-electron chi connectivity index (χ2n) is 7.98. The van der Waals surface area contributed by atoms with Gasteiger partial charge in [-0.05, 0) is 45.7 Å². The molecule has 3 rings (SSSR count). The molecule has 2 atom stereocenters. The number of rotatable bonds is 4. The van der Waals surface area contributed by atoms with Crippen molar-refractivity contribution in [1.29, 1.82) is 0 Å². The molecule has 6 nitrogen and oxygen atoms in total. The van der Waals surface area contributed by atoms with Crippen molar-refractivity contribution in [3.63, 3.8) is 0 Å². The number of likely N-dealkylation sites (tertiary alicyclic amines) is 2. The third kappa shape index (κ3) is 5.71. The lowest BCUT2D eigenvalue weighted by atomic mass is 9.88. The van der Waals surface area contributed by atoms with E-state index in [1.807, 2.05) is 7.05 Å². The van der Waals surface area contributed by atoms with E-state index in [0.29, 0.717) is 18.0 Å². The molecule has 2 heterocycles. The first-order valence-corrected chi connectivity index (χ1v) is 10.1. The number of amides is 1. The number of nitrogens with one attached hydrogen (secondary N) is 2. The van der Waals surface area contributed by atoms with Crippen LogP contribution in [0, 0.1) is 5.92 Å². The highest BCUT2D eigenvalue weighted by Gasteiger charge is 2.32. The summed E-state index contributed by atoms with van der Waals surface area (Å²) in [5.41, 5.74) is 0. The number of carbonyl (C=O) groups excluding carboxylic acids is 1. The van der Waals surface area contributed by atoms with Crippen molar-refractivity contribution in [2.24, 2.45) is 10.9 Å². The van der Waals surface area contributed by atoms with Gasteiger partial charge < -0.3 is 20.4 Å². The maximum absolute atomic E-state index is 12.7. The van der Waals surface area contributed by atoms with Crippen molar-refractivity contribution >= 4 is 35.8 Å². The zero-order valence-electron chi connectivity index (χ0n) is 16.4. The summed E-state index contributed by atoms with van der Waals surface area (Å²) in [6, 6.07) is 0.923. The maximum atomic E-state index is 12.7. The molecule has 2 unspecified atom stereocenters. The van der Waals surface area contributed by atoms with Crippen molar-refractivity contribution in [3.05, 3.63) is 0 Å². The molecule has 26 heavy (non-hydrogen) atoms. The van der Waals surface area contributed by atoms with Gasteiger partial charge in [0.2, 0.25) is 5.91 Å². The average Bonchev–Trinajstić information content (AvgIpc) is 3.27. The van der Waals surface area contributed by atoms with Crippen LogP contribution in [0.3, 0.4) is 0 Å². The van der Waals surface area contributed by atoms with Gasteiger partial charge >= 0.3 is 0 Å². The van der Waals surface area contributed by atoms with Gasteiger partial charge in [0.05, 0.1) is 0 Å². The number of carbonyl (C=O) groups is 1. The van der Waals surface area contributed by atoms with Crippen LogP contribution in [0.4, 0.5) is 0 Å². The van der Waals surface area contributed by atoms with E-state index in [9.17, 15) is 4.79 Å². The van der Waals surface area contributed by atoms with E-state index in [1.54, 1.807) is 0 Å². The van der Waals surface area contributed by atoms with Gasteiger partial charge in [-0.3, -0.25) is 9.79 Å². The first-order chi connectivity index (χ1) is 12.2. The highest BCUT2D eigenvalue weighted by molar-refractivity contribution is 14.0. The molecule has 0 spiro atoms. The summed E-state index contributed by atoms with van der Waals surface area (Å²) < 4.78 is 0. The minimum atomic E-state index is 0. The summed E-state index contributed by atoms with van der Waals surface area (Å²) in [7, 11) is 4.02. The molecule has 7 heteroatoms. The quantitative estimate of drug-likeness (QED) is 0.370. The number of aliphatic imine (C=N–C) groups is 1. The third-order valence-corrected chi connectivity index (χ3v) is 6.20. The molecule has 150 valence electrons. The SMILES string of the molecule is CN=C(NCC1CCCN1C)NC1CCN(C(=O)C2CCCCC2)C1.I. The van der Waals surface area contributed by atoms with Crippen LogP contribution in [-0.2, 0) is 4.79 Å². The van der Waals surface area contributed by atoms with Gasteiger partial charge in [-0.1, -0.05) is 19.3 Å². The fourth-order valence-electron chi connectivity index (χ4n) is 4.53. The average molecular weight is 477 g/mol. The van der Waals surface area contributed by atoms with E-state index in [0.717, 1.165) is 44.9 Å². The molecule has 3 fully saturated rings. The smallest absolute Gasteiger partial charge is 0.225 e. The van der Waals surface area contributed by atoms with Gasteiger partial charge in [-0.15, -0.1) is 24.0 Å². The number of hydrogen-bond donors (Lipinski definition) is 2. The summed E-state index contributed by atoms with van der Waals surface area (Å²) in [5, 5.41) is 6.99. The Balaban J connectivity index is 0.00000243. The Morgan fingerprint density at radius 2 is 1.85 bits per heavy atom. The van der Waals surface area contributed by atoms with Crippen molar-refractivity contribution in [2.75, 3.05) is 40.3 Å². The Bertz CT molecular complexity index is 481. The number of halogens is 1. The van der Waals surface area contributed by atoms with Gasteiger partial charge in [0.25, 0.3) is 0 Å². The van der Waals surface area contributed by atoms with Crippen LogP contribution in [0.5, 0.6) is 0 Å². The number of guanidine groups is 1. The zero-order valence-corrected chi connectivity index (χ0v) is 18.7. The van der Waals surface area contributed by atoms with Crippen LogP contribution < -0.4 is 10.6 Å². The molecule has 1 saturated carbocycles. The molecule has 0 aromatic rings. The highest BCUT2D eigenvalue weighted by Crippen LogP contribution is 2.26. The number of nitrogens with zero attached hydrogens (tertiary/aromatic N) is 3. The van der Waals surface area contributed by atoms with Crippen LogP contribution in [0.1, 0.15) is 51.4 Å². The minimum absolute atomic E-state index is 0. The summed E-state index contributed by atoms with van der Waals surface area (Å²) in [6.07, 6.45) is 9.48. The molecule has 2 saturated heterocycles. The van der Waals surface area contributed by atoms with Gasteiger partial charge in [-0.25, -0.2) is 0 Å². The Morgan fingerprint density at radius 1 is 1.08 bits per heavy atom. The Labute approximate surface area is 175 Å². The fourth-order valence-corrected chi connectivity index (χ4v) is 4.53. The molecule has 2 aliphatic heterocycles. The molecule has 3 aliphatic rings. The fraction of sp³-hybridized carbons (Fsp3) is 0.895.